The predicted molar refractivity (Wildman–Crippen MR) is 88.2 cm³/mol. The molecule has 1 saturated carbocycles. The third kappa shape index (κ3) is 3.54. The Balaban J connectivity index is 2.12. The molecule has 0 bridgehead atoms. The predicted octanol–water partition coefficient (Wildman–Crippen LogP) is 3.97. The summed E-state index contributed by atoms with van der Waals surface area (Å²) in [6.07, 6.45) is 3.68. The van der Waals surface area contributed by atoms with E-state index in [-0.39, 0.29) is 0 Å². The van der Waals surface area contributed by atoms with Gasteiger partial charge < -0.3 is 10.6 Å². The van der Waals surface area contributed by atoms with Gasteiger partial charge in [-0.1, -0.05) is 32.0 Å². The van der Waals surface area contributed by atoms with Crippen LogP contribution in [0.15, 0.2) is 24.3 Å². The Morgan fingerprint density at radius 1 is 1.30 bits per heavy atom. The zero-order valence-electron chi connectivity index (χ0n) is 13.5. The number of aryl methyl sites for hydroxylation is 1. The van der Waals surface area contributed by atoms with Gasteiger partial charge in [-0.25, -0.2) is 0 Å². The van der Waals surface area contributed by atoms with E-state index in [2.05, 4.69) is 56.9 Å². The van der Waals surface area contributed by atoms with E-state index in [0.717, 1.165) is 13.1 Å². The third-order valence-corrected chi connectivity index (χ3v) is 4.87. The lowest BCUT2D eigenvalue weighted by molar-refractivity contribution is 0.160. The minimum Gasteiger partial charge on any atom is -0.371 e. The molecule has 2 heteroatoms. The van der Waals surface area contributed by atoms with Gasteiger partial charge in [-0.3, -0.25) is 0 Å². The zero-order valence-corrected chi connectivity index (χ0v) is 13.5. The van der Waals surface area contributed by atoms with Crippen LogP contribution in [0, 0.1) is 18.3 Å². The standard InChI is InChI=1S/C18H30N2/c1-5-20(17-9-7-6-8-14(17)2)13-15-12-18(3,4)11-10-16(15)19/h6-9,15-16H,5,10-13,19H2,1-4H3. The summed E-state index contributed by atoms with van der Waals surface area (Å²) in [5, 5.41) is 0. The van der Waals surface area contributed by atoms with E-state index in [1.54, 1.807) is 0 Å². The van der Waals surface area contributed by atoms with Crippen molar-refractivity contribution in [2.45, 2.75) is 53.0 Å². The number of hydrogen-bond donors (Lipinski definition) is 1. The highest BCUT2D eigenvalue weighted by molar-refractivity contribution is 5.52. The van der Waals surface area contributed by atoms with Crippen LogP contribution in [0.5, 0.6) is 0 Å². The van der Waals surface area contributed by atoms with Crippen LogP contribution in [0.3, 0.4) is 0 Å². The lowest BCUT2D eigenvalue weighted by atomic mass is 9.70. The van der Waals surface area contributed by atoms with Crippen molar-refractivity contribution in [1.29, 1.82) is 0 Å². The fourth-order valence-corrected chi connectivity index (χ4v) is 3.56. The molecule has 1 aliphatic carbocycles. The molecule has 2 atom stereocenters. The van der Waals surface area contributed by atoms with E-state index in [1.807, 2.05) is 0 Å². The first-order valence-corrected chi connectivity index (χ1v) is 7.99. The Morgan fingerprint density at radius 3 is 2.65 bits per heavy atom. The Labute approximate surface area is 124 Å². The molecule has 0 aromatic heterocycles. The van der Waals surface area contributed by atoms with E-state index < -0.39 is 0 Å². The maximum Gasteiger partial charge on any atom is 0.0395 e. The lowest BCUT2D eigenvalue weighted by Gasteiger charge is -2.42. The molecule has 2 unspecified atom stereocenters. The molecule has 2 nitrogen and oxygen atoms in total. The van der Waals surface area contributed by atoms with Gasteiger partial charge in [0.15, 0.2) is 0 Å². The number of nitrogens with two attached hydrogens (primary N) is 1. The molecule has 2 rings (SSSR count). The van der Waals surface area contributed by atoms with Crippen molar-refractivity contribution in [3.8, 4) is 0 Å². The van der Waals surface area contributed by atoms with Crippen LogP contribution in [0.4, 0.5) is 5.69 Å². The van der Waals surface area contributed by atoms with Crippen molar-refractivity contribution in [3.05, 3.63) is 29.8 Å². The summed E-state index contributed by atoms with van der Waals surface area (Å²) in [5.74, 6) is 0.610. The molecule has 20 heavy (non-hydrogen) atoms. The molecule has 1 aromatic rings. The van der Waals surface area contributed by atoms with Crippen LogP contribution in [0.2, 0.25) is 0 Å². The van der Waals surface area contributed by atoms with Crippen molar-refractivity contribution < 1.29 is 0 Å². The molecule has 1 aromatic carbocycles. The van der Waals surface area contributed by atoms with E-state index in [1.165, 1.54) is 30.5 Å². The number of anilines is 1. The van der Waals surface area contributed by atoms with Gasteiger partial charge in [0, 0.05) is 24.8 Å². The Kier molecular flexibility index (Phi) is 4.74. The zero-order chi connectivity index (χ0) is 14.8. The molecular formula is C18H30N2. The maximum atomic E-state index is 6.39. The number of hydrogen-bond acceptors (Lipinski definition) is 2. The Bertz CT molecular complexity index is 439. The minimum atomic E-state index is 0.362. The highest BCUT2D eigenvalue weighted by atomic mass is 15.1. The number of para-hydroxylation sites is 1. The Morgan fingerprint density at radius 2 is 2.00 bits per heavy atom. The van der Waals surface area contributed by atoms with E-state index in [4.69, 9.17) is 5.73 Å². The number of nitrogens with zero attached hydrogens (tertiary/aromatic N) is 1. The molecule has 1 aliphatic rings. The summed E-state index contributed by atoms with van der Waals surface area (Å²) in [5.41, 5.74) is 9.57. The summed E-state index contributed by atoms with van der Waals surface area (Å²) in [4.78, 5) is 2.50. The second-order valence-electron chi connectivity index (χ2n) is 7.16. The van der Waals surface area contributed by atoms with Gasteiger partial charge in [-0.15, -0.1) is 0 Å². The van der Waals surface area contributed by atoms with Crippen molar-refractivity contribution in [2.24, 2.45) is 17.1 Å². The molecule has 112 valence electrons. The summed E-state index contributed by atoms with van der Waals surface area (Å²) in [6.45, 7) is 11.3. The van der Waals surface area contributed by atoms with E-state index in [0.29, 0.717) is 17.4 Å². The van der Waals surface area contributed by atoms with Gasteiger partial charge in [-0.2, -0.15) is 0 Å². The lowest BCUT2D eigenvalue weighted by Crippen LogP contribution is -2.45. The van der Waals surface area contributed by atoms with Gasteiger partial charge in [0.25, 0.3) is 0 Å². The molecule has 0 spiro atoms. The molecule has 1 fully saturated rings. The number of rotatable bonds is 4. The van der Waals surface area contributed by atoms with Crippen molar-refractivity contribution in [2.75, 3.05) is 18.0 Å². The van der Waals surface area contributed by atoms with Crippen LogP contribution in [-0.4, -0.2) is 19.1 Å². The van der Waals surface area contributed by atoms with E-state index >= 15 is 0 Å². The van der Waals surface area contributed by atoms with Crippen LogP contribution in [0.1, 0.15) is 45.6 Å². The highest BCUT2D eigenvalue weighted by Crippen LogP contribution is 2.38. The van der Waals surface area contributed by atoms with Gasteiger partial charge in [-0.05, 0) is 56.1 Å². The van der Waals surface area contributed by atoms with E-state index in [9.17, 15) is 0 Å². The molecule has 0 saturated heterocycles. The second kappa shape index (κ2) is 6.17. The fourth-order valence-electron chi connectivity index (χ4n) is 3.56. The van der Waals surface area contributed by atoms with Gasteiger partial charge in [0.05, 0.1) is 0 Å². The monoisotopic (exact) mass is 274 g/mol. The van der Waals surface area contributed by atoms with Gasteiger partial charge in [0.2, 0.25) is 0 Å². The molecule has 0 aliphatic heterocycles. The molecule has 0 radical (unpaired) electrons. The summed E-state index contributed by atoms with van der Waals surface area (Å²) >= 11 is 0. The summed E-state index contributed by atoms with van der Waals surface area (Å²) < 4.78 is 0. The molecular weight excluding hydrogens is 244 g/mol. The number of benzene rings is 1. The Hall–Kier alpha value is -1.02. The van der Waals surface area contributed by atoms with Crippen molar-refractivity contribution in [1.82, 2.24) is 0 Å². The first-order chi connectivity index (χ1) is 9.43. The largest absolute Gasteiger partial charge is 0.371 e. The minimum absolute atomic E-state index is 0.362. The maximum absolute atomic E-state index is 6.39. The SMILES string of the molecule is CCN(CC1CC(C)(C)CCC1N)c1ccccc1C. The van der Waals surface area contributed by atoms with Gasteiger partial charge in [0.1, 0.15) is 0 Å². The molecule has 0 amide bonds. The normalized spacial score (nSPS) is 25.4. The van der Waals surface area contributed by atoms with Gasteiger partial charge >= 0.3 is 0 Å². The average molecular weight is 274 g/mol. The highest BCUT2D eigenvalue weighted by Gasteiger charge is 2.33. The van der Waals surface area contributed by atoms with Crippen molar-refractivity contribution in [3.63, 3.8) is 0 Å². The van der Waals surface area contributed by atoms with Crippen LogP contribution in [0.25, 0.3) is 0 Å². The first kappa shape index (κ1) is 15.4. The fraction of sp³-hybridized carbons (Fsp3) is 0.667. The molecule has 0 heterocycles. The first-order valence-electron chi connectivity index (χ1n) is 7.99. The van der Waals surface area contributed by atoms with Crippen LogP contribution in [-0.2, 0) is 0 Å². The average Bonchev–Trinajstić information content (AvgIpc) is 2.41. The summed E-state index contributed by atoms with van der Waals surface area (Å²) in [6, 6.07) is 9.04. The second-order valence-corrected chi connectivity index (χ2v) is 7.16. The van der Waals surface area contributed by atoms with Crippen molar-refractivity contribution >= 4 is 5.69 Å². The third-order valence-electron chi connectivity index (χ3n) is 4.87. The van der Waals surface area contributed by atoms with Crippen LogP contribution < -0.4 is 10.6 Å². The summed E-state index contributed by atoms with van der Waals surface area (Å²) in [7, 11) is 0. The smallest absolute Gasteiger partial charge is 0.0395 e. The topological polar surface area (TPSA) is 29.3 Å². The quantitative estimate of drug-likeness (QED) is 0.900. The van der Waals surface area contributed by atoms with Crippen LogP contribution >= 0.6 is 0 Å². The molecule has 2 N–H and O–H groups in total.